The maximum atomic E-state index is 10.6. The van der Waals surface area contributed by atoms with E-state index in [4.69, 9.17) is 0 Å². The second-order valence-corrected chi connectivity index (χ2v) is 4.99. The summed E-state index contributed by atoms with van der Waals surface area (Å²) in [5, 5.41) is 19.3. The number of nitro groups is 1. The molecule has 100 valence electrons. The SMILES string of the molecule is O=[N+]([O-])c1ccc(CSc2nncc3[nH]cnc23)cc1. The topological polar surface area (TPSA) is 97.6 Å². The minimum atomic E-state index is -0.410. The van der Waals surface area contributed by atoms with Crippen molar-refractivity contribution in [3.05, 3.63) is 52.5 Å². The number of nitro benzene ring substituents is 1. The third-order valence-corrected chi connectivity index (χ3v) is 3.76. The van der Waals surface area contributed by atoms with E-state index in [9.17, 15) is 10.1 Å². The van der Waals surface area contributed by atoms with Crippen molar-refractivity contribution in [2.75, 3.05) is 0 Å². The smallest absolute Gasteiger partial charge is 0.269 e. The molecule has 0 atom stereocenters. The second-order valence-electron chi connectivity index (χ2n) is 4.03. The van der Waals surface area contributed by atoms with E-state index >= 15 is 0 Å². The zero-order chi connectivity index (χ0) is 13.9. The van der Waals surface area contributed by atoms with Crippen molar-refractivity contribution < 1.29 is 4.92 Å². The minimum Gasteiger partial charge on any atom is -0.343 e. The largest absolute Gasteiger partial charge is 0.343 e. The quantitative estimate of drug-likeness (QED) is 0.450. The number of nitrogens with one attached hydrogen (secondary N) is 1. The van der Waals surface area contributed by atoms with Crippen molar-refractivity contribution in [1.82, 2.24) is 20.2 Å². The van der Waals surface area contributed by atoms with Crippen LogP contribution in [-0.4, -0.2) is 25.1 Å². The first-order chi connectivity index (χ1) is 9.74. The van der Waals surface area contributed by atoms with Gasteiger partial charge in [-0.15, -0.1) is 5.10 Å². The molecule has 3 aromatic rings. The number of hydrogen-bond acceptors (Lipinski definition) is 6. The molecule has 7 nitrogen and oxygen atoms in total. The molecule has 3 rings (SSSR count). The van der Waals surface area contributed by atoms with E-state index in [0.29, 0.717) is 5.75 Å². The van der Waals surface area contributed by atoms with Crippen LogP contribution in [0.5, 0.6) is 0 Å². The Morgan fingerprint density at radius 1 is 1.30 bits per heavy atom. The molecule has 0 saturated carbocycles. The highest BCUT2D eigenvalue weighted by Gasteiger charge is 2.08. The Balaban J connectivity index is 1.76. The van der Waals surface area contributed by atoms with Crippen LogP contribution in [0.25, 0.3) is 11.0 Å². The van der Waals surface area contributed by atoms with Gasteiger partial charge < -0.3 is 4.98 Å². The molecule has 0 spiro atoms. The van der Waals surface area contributed by atoms with Crippen molar-refractivity contribution in [3.8, 4) is 0 Å². The molecule has 0 bridgehead atoms. The van der Waals surface area contributed by atoms with Gasteiger partial charge in [0.25, 0.3) is 5.69 Å². The molecular formula is C12H9N5O2S. The van der Waals surface area contributed by atoms with E-state index < -0.39 is 4.92 Å². The molecule has 1 aromatic carbocycles. The van der Waals surface area contributed by atoms with Gasteiger partial charge in [0.2, 0.25) is 0 Å². The first-order valence-corrected chi connectivity index (χ1v) is 6.73. The van der Waals surface area contributed by atoms with Crippen LogP contribution in [0.4, 0.5) is 5.69 Å². The Hall–Kier alpha value is -2.48. The Morgan fingerprint density at radius 2 is 2.10 bits per heavy atom. The van der Waals surface area contributed by atoms with Gasteiger partial charge >= 0.3 is 0 Å². The number of rotatable bonds is 4. The molecule has 0 fully saturated rings. The summed E-state index contributed by atoms with van der Waals surface area (Å²) >= 11 is 1.50. The fourth-order valence-electron chi connectivity index (χ4n) is 1.72. The number of imidazole rings is 1. The van der Waals surface area contributed by atoms with Crippen LogP contribution < -0.4 is 0 Å². The molecule has 0 aliphatic rings. The van der Waals surface area contributed by atoms with Crippen molar-refractivity contribution in [3.63, 3.8) is 0 Å². The zero-order valence-corrected chi connectivity index (χ0v) is 11.0. The van der Waals surface area contributed by atoms with E-state index in [1.165, 1.54) is 23.9 Å². The maximum Gasteiger partial charge on any atom is 0.269 e. The summed E-state index contributed by atoms with van der Waals surface area (Å²) in [6.07, 6.45) is 3.22. The molecule has 0 amide bonds. The maximum absolute atomic E-state index is 10.6. The molecule has 0 aliphatic carbocycles. The molecule has 0 radical (unpaired) electrons. The standard InChI is InChI=1S/C12H9N5O2S/c18-17(19)9-3-1-8(2-4-9)6-20-12-11-10(5-15-16-12)13-7-14-11/h1-5,7H,6H2,(H,13,14). The summed E-state index contributed by atoms with van der Waals surface area (Å²) in [7, 11) is 0. The van der Waals surface area contributed by atoms with E-state index in [1.54, 1.807) is 24.7 Å². The lowest BCUT2D eigenvalue weighted by Crippen LogP contribution is -1.90. The third kappa shape index (κ3) is 2.45. The summed E-state index contributed by atoms with van der Waals surface area (Å²) in [5.41, 5.74) is 2.70. The van der Waals surface area contributed by atoms with Crippen molar-refractivity contribution >= 4 is 28.5 Å². The highest BCUT2D eigenvalue weighted by atomic mass is 32.2. The van der Waals surface area contributed by atoms with Crippen LogP contribution in [0, 0.1) is 10.1 Å². The van der Waals surface area contributed by atoms with Crippen LogP contribution in [0.1, 0.15) is 5.56 Å². The summed E-state index contributed by atoms with van der Waals surface area (Å²) in [6, 6.07) is 6.47. The molecule has 2 aromatic heterocycles. The predicted octanol–water partition coefficient (Wildman–Crippen LogP) is 2.55. The number of nitrogens with zero attached hydrogens (tertiary/aromatic N) is 4. The molecular weight excluding hydrogens is 278 g/mol. The third-order valence-electron chi connectivity index (χ3n) is 2.73. The van der Waals surface area contributed by atoms with Crippen LogP contribution in [-0.2, 0) is 5.75 Å². The van der Waals surface area contributed by atoms with Crippen molar-refractivity contribution in [1.29, 1.82) is 0 Å². The number of aromatic nitrogens is 4. The average Bonchev–Trinajstić information content (AvgIpc) is 2.94. The number of non-ortho nitro benzene ring substituents is 1. The molecule has 0 saturated heterocycles. The Labute approximate surface area is 117 Å². The Morgan fingerprint density at radius 3 is 2.85 bits per heavy atom. The first kappa shape index (κ1) is 12.5. The number of thioether (sulfide) groups is 1. The fraction of sp³-hybridized carbons (Fsp3) is 0.0833. The van der Waals surface area contributed by atoms with Gasteiger partial charge in [0, 0.05) is 17.9 Å². The van der Waals surface area contributed by atoms with Gasteiger partial charge in [-0.2, -0.15) is 5.10 Å². The summed E-state index contributed by atoms with van der Waals surface area (Å²) in [6.45, 7) is 0. The van der Waals surface area contributed by atoms with Gasteiger partial charge in [-0.1, -0.05) is 23.9 Å². The van der Waals surface area contributed by atoms with Gasteiger partial charge in [-0.3, -0.25) is 10.1 Å². The molecule has 2 heterocycles. The van der Waals surface area contributed by atoms with Gasteiger partial charge in [-0.25, -0.2) is 4.98 Å². The van der Waals surface area contributed by atoms with Crippen LogP contribution in [0.3, 0.4) is 0 Å². The number of fused-ring (bicyclic) bond motifs is 1. The number of aromatic amines is 1. The van der Waals surface area contributed by atoms with E-state index in [0.717, 1.165) is 21.6 Å². The number of benzene rings is 1. The lowest BCUT2D eigenvalue weighted by Gasteiger charge is -2.01. The number of H-pyrrole nitrogens is 1. The lowest BCUT2D eigenvalue weighted by atomic mass is 10.2. The van der Waals surface area contributed by atoms with Crippen LogP contribution >= 0.6 is 11.8 Å². The van der Waals surface area contributed by atoms with E-state index in [-0.39, 0.29) is 5.69 Å². The van der Waals surface area contributed by atoms with Crippen LogP contribution in [0.15, 0.2) is 41.8 Å². The van der Waals surface area contributed by atoms with Crippen LogP contribution in [0.2, 0.25) is 0 Å². The number of hydrogen-bond donors (Lipinski definition) is 1. The Kier molecular flexibility index (Phi) is 3.30. The fourth-order valence-corrected chi connectivity index (χ4v) is 2.62. The molecule has 1 N–H and O–H groups in total. The average molecular weight is 287 g/mol. The second kappa shape index (κ2) is 5.25. The molecule has 0 aliphatic heterocycles. The van der Waals surface area contributed by atoms with Gasteiger partial charge in [0.05, 0.1) is 23.0 Å². The van der Waals surface area contributed by atoms with Crippen molar-refractivity contribution in [2.45, 2.75) is 10.8 Å². The van der Waals surface area contributed by atoms with E-state index in [1.807, 2.05) is 0 Å². The zero-order valence-electron chi connectivity index (χ0n) is 10.2. The highest BCUT2D eigenvalue weighted by Crippen LogP contribution is 2.26. The molecule has 8 heteroatoms. The lowest BCUT2D eigenvalue weighted by molar-refractivity contribution is -0.384. The first-order valence-electron chi connectivity index (χ1n) is 5.75. The monoisotopic (exact) mass is 287 g/mol. The summed E-state index contributed by atoms with van der Waals surface area (Å²) in [5.74, 6) is 0.651. The minimum absolute atomic E-state index is 0.0907. The molecule has 0 unspecified atom stereocenters. The van der Waals surface area contributed by atoms with Gasteiger partial charge in [-0.05, 0) is 5.56 Å². The predicted molar refractivity (Wildman–Crippen MR) is 74.3 cm³/mol. The van der Waals surface area contributed by atoms with E-state index in [2.05, 4.69) is 20.2 Å². The van der Waals surface area contributed by atoms with Gasteiger partial charge in [0.15, 0.2) is 0 Å². The Bertz CT molecular complexity index is 756. The molecule has 20 heavy (non-hydrogen) atoms. The summed E-state index contributed by atoms with van der Waals surface area (Å²) in [4.78, 5) is 17.3. The highest BCUT2D eigenvalue weighted by molar-refractivity contribution is 7.98. The summed E-state index contributed by atoms with van der Waals surface area (Å²) < 4.78 is 0. The van der Waals surface area contributed by atoms with Gasteiger partial charge in [0.1, 0.15) is 10.5 Å². The normalized spacial score (nSPS) is 10.8. The van der Waals surface area contributed by atoms with Crippen molar-refractivity contribution in [2.24, 2.45) is 0 Å².